The Hall–Kier alpha value is -0.190. The van der Waals surface area contributed by atoms with Crippen molar-refractivity contribution in [2.45, 2.75) is 25.0 Å². The number of hydrogen-bond acceptors (Lipinski definition) is 3. The highest BCUT2D eigenvalue weighted by atomic mass is 79.9. The molecule has 0 saturated carbocycles. The maximum Gasteiger partial charge on any atom is 0.125 e. The van der Waals surface area contributed by atoms with Crippen LogP contribution in [0.5, 0.6) is 5.75 Å². The summed E-state index contributed by atoms with van der Waals surface area (Å²) in [5.41, 5.74) is 0.898. The first-order valence-corrected chi connectivity index (χ1v) is 7.52. The number of fused-ring (bicyclic) bond motifs is 1. The zero-order valence-electron chi connectivity index (χ0n) is 9.15. The minimum absolute atomic E-state index is 0.149. The maximum atomic E-state index is 10.0. The summed E-state index contributed by atoms with van der Waals surface area (Å²) in [6.45, 7) is 0. The predicted molar refractivity (Wildman–Crippen MR) is 71.1 cm³/mol. The molecule has 1 aliphatic heterocycles. The van der Waals surface area contributed by atoms with Gasteiger partial charge in [0.15, 0.2) is 0 Å². The van der Waals surface area contributed by atoms with Crippen LogP contribution in [0.15, 0.2) is 22.7 Å². The van der Waals surface area contributed by atoms with Crippen molar-refractivity contribution in [1.82, 2.24) is 0 Å². The fraction of sp³-hybridized carbons (Fsp3) is 0.500. The Balaban J connectivity index is 2.13. The van der Waals surface area contributed by atoms with Crippen molar-refractivity contribution in [1.29, 1.82) is 0 Å². The van der Waals surface area contributed by atoms with E-state index in [1.54, 1.807) is 0 Å². The molecular formula is C12H15BrO2S. The Labute approximate surface area is 109 Å². The first kappa shape index (κ1) is 12.3. The van der Waals surface area contributed by atoms with Gasteiger partial charge >= 0.3 is 0 Å². The molecule has 1 aliphatic rings. The summed E-state index contributed by atoms with van der Waals surface area (Å²) in [6.07, 6.45) is 3.53. The molecule has 88 valence electrons. The summed E-state index contributed by atoms with van der Waals surface area (Å²) in [4.78, 5) is 0. The molecule has 1 unspecified atom stereocenters. The standard InChI is InChI=1S/C12H15BrO2S/c1-16-5-4-9-7-11(14)10-6-8(13)2-3-12(10)15-9/h2-3,6,9,11,14H,4-5,7H2,1H3/t9?,11-/m1/s1. The minimum Gasteiger partial charge on any atom is -0.490 e. The third kappa shape index (κ3) is 2.73. The lowest BCUT2D eigenvalue weighted by molar-refractivity contribution is 0.0648. The van der Waals surface area contributed by atoms with Crippen LogP contribution in [0, 0.1) is 0 Å². The summed E-state index contributed by atoms with van der Waals surface area (Å²) >= 11 is 5.22. The number of aliphatic hydroxyl groups is 1. The second-order valence-corrected chi connectivity index (χ2v) is 5.86. The molecule has 2 atom stereocenters. The normalized spacial score (nSPS) is 23.7. The van der Waals surface area contributed by atoms with Gasteiger partial charge in [-0.25, -0.2) is 0 Å². The van der Waals surface area contributed by atoms with Gasteiger partial charge in [0.05, 0.1) is 6.10 Å². The van der Waals surface area contributed by atoms with Gasteiger partial charge in [-0.3, -0.25) is 0 Å². The molecule has 16 heavy (non-hydrogen) atoms. The van der Waals surface area contributed by atoms with Crippen LogP contribution in [0.4, 0.5) is 0 Å². The average Bonchev–Trinajstić information content (AvgIpc) is 2.27. The summed E-state index contributed by atoms with van der Waals surface area (Å²) in [5.74, 6) is 1.90. The van der Waals surface area contributed by atoms with Gasteiger partial charge < -0.3 is 9.84 Å². The third-order valence-corrected chi connectivity index (χ3v) is 3.89. The second-order valence-electron chi connectivity index (χ2n) is 3.95. The van der Waals surface area contributed by atoms with E-state index in [0.29, 0.717) is 6.42 Å². The number of halogens is 1. The second kappa shape index (κ2) is 5.43. The SMILES string of the molecule is CSCCC1C[C@@H](O)c2cc(Br)ccc2O1. The molecule has 1 heterocycles. The van der Waals surface area contributed by atoms with Crippen LogP contribution in [0.1, 0.15) is 24.5 Å². The molecule has 0 aromatic heterocycles. The van der Waals surface area contributed by atoms with Crippen LogP contribution >= 0.6 is 27.7 Å². The first-order chi connectivity index (χ1) is 7.70. The smallest absolute Gasteiger partial charge is 0.125 e. The van der Waals surface area contributed by atoms with Gasteiger partial charge in [-0.1, -0.05) is 15.9 Å². The lowest BCUT2D eigenvalue weighted by Crippen LogP contribution is -2.26. The van der Waals surface area contributed by atoms with E-state index >= 15 is 0 Å². The molecule has 0 fully saturated rings. The average molecular weight is 303 g/mol. The van der Waals surface area contributed by atoms with E-state index < -0.39 is 6.10 Å². The molecule has 0 bridgehead atoms. The van der Waals surface area contributed by atoms with Gasteiger partial charge in [0.2, 0.25) is 0 Å². The maximum absolute atomic E-state index is 10.0. The van der Waals surface area contributed by atoms with Gasteiger partial charge in [0.25, 0.3) is 0 Å². The van der Waals surface area contributed by atoms with E-state index in [1.807, 2.05) is 30.0 Å². The van der Waals surface area contributed by atoms with E-state index in [4.69, 9.17) is 4.74 Å². The lowest BCUT2D eigenvalue weighted by atomic mass is 9.98. The lowest BCUT2D eigenvalue weighted by Gasteiger charge is -2.29. The Morgan fingerprint density at radius 2 is 2.38 bits per heavy atom. The van der Waals surface area contributed by atoms with Gasteiger partial charge in [0, 0.05) is 16.5 Å². The highest BCUT2D eigenvalue weighted by Crippen LogP contribution is 2.37. The minimum atomic E-state index is -0.395. The zero-order chi connectivity index (χ0) is 11.5. The first-order valence-electron chi connectivity index (χ1n) is 5.34. The van der Waals surface area contributed by atoms with Crippen LogP contribution in [-0.4, -0.2) is 23.2 Å². The fourth-order valence-electron chi connectivity index (χ4n) is 1.92. The molecule has 2 nitrogen and oxygen atoms in total. The molecule has 0 amide bonds. The van der Waals surface area contributed by atoms with Gasteiger partial charge in [-0.05, 0) is 36.6 Å². The van der Waals surface area contributed by atoms with Crippen molar-refractivity contribution >= 4 is 27.7 Å². The third-order valence-electron chi connectivity index (χ3n) is 2.75. The highest BCUT2D eigenvalue weighted by molar-refractivity contribution is 9.10. The number of ether oxygens (including phenoxy) is 1. The Bertz CT molecular complexity index is 370. The molecule has 4 heteroatoms. The summed E-state index contributed by atoms with van der Waals surface area (Å²) < 4.78 is 6.85. The molecule has 0 saturated heterocycles. The highest BCUT2D eigenvalue weighted by Gasteiger charge is 2.26. The van der Waals surface area contributed by atoms with E-state index in [-0.39, 0.29) is 6.10 Å². The van der Waals surface area contributed by atoms with Gasteiger partial charge in [-0.15, -0.1) is 0 Å². The van der Waals surface area contributed by atoms with E-state index in [0.717, 1.165) is 28.0 Å². The van der Waals surface area contributed by atoms with Crippen molar-refractivity contribution in [3.05, 3.63) is 28.2 Å². The molecule has 0 aliphatic carbocycles. The van der Waals surface area contributed by atoms with E-state index in [2.05, 4.69) is 22.2 Å². The molecule has 2 rings (SSSR count). The fourth-order valence-corrected chi connectivity index (χ4v) is 2.79. The molecular weight excluding hydrogens is 288 g/mol. The van der Waals surface area contributed by atoms with Crippen molar-refractivity contribution in [2.24, 2.45) is 0 Å². The summed E-state index contributed by atoms with van der Waals surface area (Å²) in [5, 5.41) is 10.0. The largest absolute Gasteiger partial charge is 0.490 e. The van der Waals surface area contributed by atoms with Gasteiger partial charge in [-0.2, -0.15) is 11.8 Å². The molecule has 1 N–H and O–H groups in total. The number of hydrogen-bond donors (Lipinski definition) is 1. The molecule has 0 radical (unpaired) electrons. The Morgan fingerprint density at radius 1 is 1.56 bits per heavy atom. The Kier molecular flexibility index (Phi) is 4.16. The zero-order valence-corrected chi connectivity index (χ0v) is 11.6. The topological polar surface area (TPSA) is 29.5 Å². The van der Waals surface area contributed by atoms with Crippen molar-refractivity contribution in [3.8, 4) is 5.75 Å². The van der Waals surface area contributed by atoms with Gasteiger partial charge in [0.1, 0.15) is 11.9 Å². The summed E-state index contributed by atoms with van der Waals surface area (Å²) in [6, 6.07) is 5.81. The van der Waals surface area contributed by atoms with E-state index in [1.165, 1.54) is 0 Å². The van der Waals surface area contributed by atoms with Crippen molar-refractivity contribution in [3.63, 3.8) is 0 Å². The van der Waals surface area contributed by atoms with Crippen molar-refractivity contribution < 1.29 is 9.84 Å². The number of thioether (sulfide) groups is 1. The number of rotatable bonds is 3. The van der Waals surface area contributed by atoms with Crippen LogP contribution in [-0.2, 0) is 0 Å². The van der Waals surface area contributed by atoms with Crippen molar-refractivity contribution in [2.75, 3.05) is 12.0 Å². The quantitative estimate of drug-likeness (QED) is 0.928. The van der Waals surface area contributed by atoms with Crippen LogP contribution < -0.4 is 4.74 Å². The van der Waals surface area contributed by atoms with E-state index in [9.17, 15) is 5.11 Å². The molecule has 0 spiro atoms. The monoisotopic (exact) mass is 302 g/mol. The van der Waals surface area contributed by atoms with Crippen LogP contribution in [0.25, 0.3) is 0 Å². The summed E-state index contributed by atoms with van der Waals surface area (Å²) in [7, 11) is 0. The predicted octanol–water partition coefficient (Wildman–Crippen LogP) is 3.39. The van der Waals surface area contributed by atoms with Crippen LogP contribution in [0.2, 0.25) is 0 Å². The molecule has 1 aromatic rings. The Morgan fingerprint density at radius 3 is 3.12 bits per heavy atom. The molecule has 1 aromatic carbocycles. The number of aliphatic hydroxyl groups excluding tert-OH is 1. The van der Waals surface area contributed by atoms with Crippen LogP contribution in [0.3, 0.4) is 0 Å². The number of benzene rings is 1.